The van der Waals surface area contributed by atoms with Crippen molar-refractivity contribution >= 4 is 62.3 Å². The molecule has 2 N–H and O–H groups in total. The molecule has 0 saturated heterocycles. The van der Waals surface area contributed by atoms with Crippen molar-refractivity contribution in [2.24, 2.45) is 0 Å². The number of sulfonamides is 1. The van der Waals surface area contributed by atoms with Crippen LogP contribution in [-0.4, -0.2) is 47.6 Å². The van der Waals surface area contributed by atoms with E-state index in [1.807, 2.05) is 6.92 Å². The molecule has 31 heavy (non-hydrogen) atoms. The molecule has 1 atom stereocenters. The Bertz CT molecular complexity index is 1090. The Balaban J connectivity index is 1.73. The zero-order chi connectivity index (χ0) is 22.8. The maximum Gasteiger partial charge on any atom is 0.269 e. The highest BCUT2D eigenvalue weighted by Gasteiger charge is 2.42. The molecule has 0 aliphatic carbocycles. The summed E-state index contributed by atoms with van der Waals surface area (Å²) in [6.07, 6.45) is -1.22. The third-order valence-electron chi connectivity index (χ3n) is 4.31. The van der Waals surface area contributed by atoms with Crippen LogP contribution in [0.15, 0.2) is 53.4 Å². The predicted molar refractivity (Wildman–Crippen MR) is 118 cm³/mol. The smallest absolute Gasteiger partial charge is 0.269 e. The summed E-state index contributed by atoms with van der Waals surface area (Å²) in [4.78, 5) is 24.9. The number of hydrogen-bond acceptors (Lipinski definition) is 6. The second-order valence-corrected chi connectivity index (χ2v) is 10.7. The van der Waals surface area contributed by atoms with Crippen molar-refractivity contribution in [3.8, 4) is 5.75 Å². The lowest BCUT2D eigenvalue weighted by molar-refractivity contribution is -0.121. The standard InChI is InChI=1S/C19H18Cl3N3O5S/c1-2-30-13-9-7-12(8-10-13)23-18(19(20,21)22)24-16(26)11-25-17(27)14-5-3-4-6-15(14)31(25,28)29/h3-10,18,23H,2,11H2,1H3,(H,24,26)/t18-/m0/s1. The minimum atomic E-state index is -4.14. The van der Waals surface area contributed by atoms with Crippen LogP contribution in [0.3, 0.4) is 0 Å². The average molecular weight is 507 g/mol. The van der Waals surface area contributed by atoms with E-state index in [0.717, 1.165) is 0 Å². The molecule has 1 aliphatic rings. The summed E-state index contributed by atoms with van der Waals surface area (Å²) < 4.78 is 29.1. The minimum absolute atomic E-state index is 0.000685. The van der Waals surface area contributed by atoms with Crippen LogP contribution in [0, 0.1) is 0 Å². The van der Waals surface area contributed by atoms with Gasteiger partial charge in [0.15, 0.2) is 0 Å². The van der Waals surface area contributed by atoms with Gasteiger partial charge in [0.1, 0.15) is 23.4 Å². The topological polar surface area (TPSA) is 105 Å². The van der Waals surface area contributed by atoms with Gasteiger partial charge in [0.05, 0.1) is 12.2 Å². The molecule has 166 valence electrons. The maximum atomic E-state index is 12.6. The van der Waals surface area contributed by atoms with E-state index in [4.69, 9.17) is 39.5 Å². The zero-order valence-corrected chi connectivity index (χ0v) is 19.2. The average Bonchev–Trinajstić information content (AvgIpc) is 2.89. The Morgan fingerprint density at radius 2 is 1.77 bits per heavy atom. The molecule has 2 aromatic carbocycles. The molecular formula is C19H18Cl3N3O5S. The number of hydrogen-bond donors (Lipinski definition) is 2. The summed E-state index contributed by atoms with van der Waals surface area (Å²) in [6, 6.07) is 12.4. The number of anilines is 1. The van der Waals surface area contributed by atoms with Crippen molar-refractivity contribution in [1.82, 2.24) is 9.62 Å². The van der Waals surface area contributed by atoms with Crippen LogP contribution >= 0.6 is 34.8 Å². The third-order valence-corrected chi connectivity index (χ3v) is 6.75. The summed E-state index contributed by atoms with van der Waals surface area (Å²) in [6.45, 7) is 1.59. The number of carbonyl (C=O) groups is 2. The van der Waals surface area contributed by atoms with Crippen molar-refractivity contribution in [1.29, 1.82) is 0 Å². The Labute approximate surface area is 194 Å². The van der Waals surface area contributed by atoms with Gasteiger partial charge in [0.2, 0.25) is 9.70 Å². The van der Waals surface area contributed by atoms with Crippen molar-refractivity contribution in [2.75, 3.05) is 18.5 Å². The van der Waals surface area contributed by atoms with Gasteiger partial charge < -0.3 is 15.4 Å². The number of amides is 2. The SMILES string of the molecule is CCOc1ccc(N[C@@H](NC(=O)CN2C(=O)c3ccccc3S2(=O)=O)C(Cl)(Cl)Cl)cc1. The van der Waals surface area contributed by atoms with Gasteiger partial charge in [-0.1, -0.05) is 46.9 Å². The van der Waals surface area contributed by atoms with Gasteiger partial charge in [0, 0.05) is 5.69 Å². The number of carbonyl (C=O) groups excluding carboxylic acids is 2. The molecular weight excluding hydrogens is 489 g/mol. The van der Waals surface area contributed by atoms with E-state index in [2.05, 4.69) is 10.6 Å². The monoisotopic (exact) mass is 505 g/mol. The molecule has 2 amide bonds. The molecule has 8 nitrogen and oxygen atoms in total. The van der Waals surface area contributed by atoms with Gasteiger partial charge >= 0.3 is 0 Å². The number of rotatable bonds is 7. The summed E-state index contributed by atoms with van der Waals surface area (Å²) >= 11 is 17.9. The van der Waals surface area contributed by atoms with Crippen LogP contribution in [0.2, 0.25) is 0 Å². The second kappa shape index (κ2) is 9.12. The van der Waals surface area contributed by atoms with E-state index in [9.17, 15) is 18.0 Å². The second-order valence-electron chi connectivity index (χ2n) is 6.46. The Morgan fingerprint density at radius 3 is 2.35 bits per heavy atom. The Hall–Kier alpha value is -2.20. The predicted octanol–water partition coefficient (Wildman–Crippen LogP) is 3.15. The van der Waals surface area contributed by atoms with Crippen molar-refractivity contribution < 1.29 is 22.7 Å². The lowest BCUT2D eigenvalue weighted by Crippen LogP contribution is -2.52. The number of nitrogens with zero attached hydrogens (tertiary/aromatic N) is 1. The minimum Gasteiger partial charge on any atom is -0.494 e. The van der Waals surface area contributed by atoms with E-state index in [0.29, 0.717) is 22.3 Å². The summed E-state index contributed by atoms with van der Waals surface area (Å²) in [5.41, 5.74) is 0.512. The highest BCUT2D eigenvalue weighted by atomic mass is 35.6. The van der Waals surface area contributed by atoms with Crippen LogP contribution in [0.1, 0.15) is 17.3 Å². The summed E-state index contributed by atoms with van der Waals surface area (Å²) in [5.74, 6) is -0.991. The first-order valence-corrected chi connectivity index (χ1v) is 11.6. The molecule has 0 spiro atoms. The van der Waals surface area contributed by atoms with Crippen LogP contribution in [0.4, 0.5) is 5.69 Å². The fourth-order valence-corrected chi connectivity index (χ4v) is 4.76. The van der Waals surface area contributed by atoms with E-state index in [-0.39, 0.29) is 10.5 Å². The highest BCUT2D eigenvalue weighted by molar-refractivity contribution is 7.90. The largest absolute Gasteiger partial charge is 0.494 e. The van der Waals surface area contributed by atoms with Gasteiger partial charge in [-0.25, -0.2) is 12.7 Å². The van der Waals surface area contributed by atoms with E-state index < -0.39 is 38.3 Å². The maximum absolute atomic E-state index is 12.6. The van der Waals surface area contributed by atoms with E-state index >= 15 is 0 Å². The van der Waals surface area contributed by atoms with Crippen molar-refractivity contribution in [3.63, 3.8) is 0 Å². The number of benzene rings is 2. The van der Waals surface area contributed by atoms with Crippen molar-refractivity contribution in [3.05, 3.63) is 54.1 Å². The normalized spacial score (nSPS) is 15.9. The number of halogens is 3. The third kappa shape index (κ3) is 5.17. The summed E-state index contributed by atoms with van der Waals surface area (Å²) in [7, 11) is -4.14. The van der Waals surface area contributed by atoms with Crippen LogP contribution in [-0.2, 0) is 14.8 Å². The quantitative estimate of drug-likeness (QED) is 0.441. The van der Waals surface area contributed by atoms with Gasteiger partial charge in [-0.05, 0) is 43.3 Å². The Kier molecular flexibility index (Phi) is 6.90. The van der Waals surface area contributed by atoms with Gasteiger partial charge in [-0.15, -0.1) is 0 Å². The first-order valence-electron chi connectivity index (χ1n) is 9.05. The fraction of sp³-hybridized carbons (Fsp3) is 0.263. The highest BCUT2D eigenvalue weighted by Crippen LogP contribution is 2.32. The van der Waals surface area contributed by atoms with E-state index in [1.165, 1.54) is 24.3 Å². The molecule has 0 aromatic heterocycles. The van der Waals surface area contributed by atoms with Crippen LogP contribution in [0.25, 0.3) is 0 Å². The Morgan fingerprint density at radius 1 is 1.13 bits per heavy atom. The molecule has 0 bridgehead atoms. The van der Waals surface area contributed by atoms with Crippen LogP contribution < -0.4 is 15.4 Å². The van der Waals surface area contributed by atoms with Gasteiger partial charge in [-0.3, -0.25) is 9.59 Å². The molecule has 3 rings (SSSR count). The molecule has 1 heterocycles. The van der Waals surface area contributed by atoms with Gasteiger partial charge in [-0.2, -0.15) is 0 Å². The molecule has 0 fully saturated rings. The van der Waals surface area contributed by atoms with Crippen molar-refractivity contribution in [2.45, 2.75) is 21.8 Å². The molecule has 0 saturated carbocycles. The zero-order valence-electron chi connectivity index (χ0n) is 16.1. The first kappa shape index (κ1) is 23.5. The number of nitrogens with one attached hydrogen (secondary N) is 2. The lowest BCUT2D eigenvalue weighted by Gasteiger charge is -2.28. The van der Waals surface area contributed by atoms with Crippen LogP contribution in [0.5, 0.6) is 5.75 Å². The molecule has 1 aliphatic heterocycles. The van der Waals surface area contributed by atoms with Gasteiger partial charge in [0.25, 0.3) is 15.9 Å². The fourth-order valence-electron chi connectivity index (χ4n) is 2.90. The number of fused-ring (bicyclic) bond motifs is 1. The summed E-state index contributed by atoms with van der Waals surface area (Å²) in [5, 5.41) is 5.28. The number of alkyl halides is 3. The van der Waals surface area contributed by atoms with E-state index in [1.54, 1.807) is 24.3 Å². The molecule has 0 unspecified atom stereocenters. The lowest BCUT2D eigenvalue weighted by atomic mass is 10.2. The molecule has 12 heteroatoms. The molecule has 0 radical (unpaired) electrons. The molecule has 2 aromatic rings. The number of ether oxygens (including phenoxy) is 1. The first-order chi connectivity index (χ1) is 14.5.